The molecule has 0 unspecified atom stereocenters. The molecule has 0 radical (unpaired) electrons. The molecule has 0 bridgehead atoms. The first-order valence-electron chi connectivity index (χ1n) is 16.8. The normalized spacial score (nSPS) is 29.1. The lowest BCUT2D eigenvalue weighted by Crippen LogP contribution is -2.37. The van der Waals surface area contributed by atoms with Gasteiger partial charge in [-0.1, -0.05) is 57.6 Å². The molecule has 0 aromatic heterocycles. The van der Waals surface area contributed by atoms with Gasteiger partial charge in [-0.15, -0.1) is 13.2 Å². The summed E-state index contributed by atoms with van der Waals surface area (Å²) in [5, 5.41) is 0. The quantitative estimate of drug-likeness (QED) is 0.125. The van der Waals surface area contributed by atoms with Gasteiger partial charge in [-0.3, -0.25) is 0 Å². The van der Waals surface area contributed by atoms with Crippen molar-refractivity contribution in [3.8, 4) is 11.5 Å². The van der Waals surface area contributed by atoms with E-state index in [1.54, 1.807) is 0 Å². The second-order valence-corrected chi connectivity index (χ2v) is 13.5. The van der Waals surface area contributed by atoms with Gasteiger partial charge in [0.15, 0.2) is 11.6 Å². The second kappa shape index (κ2) is 15.9. The summed E-state index contributed by atoms with van der Waals surface area (Å²) in [6.45, 7) is 2.27. The van der Waals surface area contributed by atoms with Crippen LogP contribution in [-0.2, 0) is 0 Å². The molecule has 2 nitrogen and oxygen atoms in total. The van der Waals surface area contributed by atoms with Crippen LogP contribution >= 0.6 is 0 Å². The number of rotatable bonds is 13. The fourth-order valence-corrected chi connectivity index (χ4v) is 7.59. The first-order chi connectivity index (χ1) is 20.5. The Morgan fingerprint density at radius 1 is 0.674 bits per heavy atom. The molecular weight excluding hydrogens is 566 g/mol. The fraction of sp³-hybridized carbons (Fsp3) is 0.771. The maximum atomic E-state index is 14.8. The molecule has 0 heterocycles. The number of halogens is 6. The van der Waals surface area contributed by atoms with Crippen molar-refractivity contribution in [2.75, 3.05) is 0 Å². The summed E-state index contributed by atoms with van der Waals surface area (Å²) in [7, 11) is 0. The molecule has 244 valence electrons. The molecule has 3 aliphatic carbocycles. The zero-order chi connectivity index (χ0) is 30.9. The van der Waals surface area contributed by atoms with E-state index in [0.29, 0.717) is 49.7 Å². The Morgan fingerprint density at radius 2 is 1.19 bits per heavy atom. The highest BCUT2D eigenvalue weighted by molar-refractivity contribution is 5.33. The third-order valence-electron chi connectivity index (χ3n) is 10.3. The topological polar surface area (TPSA) is 18.5 Å². The van der Waals surface area contributed by atoms with E-state index in [4.69, 9.17) is 4.74 Å². The van der Waals surface area contributed by atoms with Gasteiger partial charge in [0.2, 0.25) is 0 Å². The van der Waals surface area contributed by atoms with Gasteiger partial charge in [-0.05, 0) is 119 Å². The fourth-order valence-electron chi connectivity index (χ4n) is 7.59. The molecule has 0 aliphatic heterocycles. The summed E-state index contributed by atoms with van der Waals surface area (Å²) in [5.74, 6) is -0.428. The summed E-state index contributed by atoms with van der Waals surface area (Å²) in [5.41, 5.74) is 0. The van der Waals surface area contributed by atoms with E-state index in [-0.39, 0.29) is 0 Å². The highest BCUT2D eigenvalue weighted by Gasteiger charge is 2.44. The Kier molecular flexibility index (Phi) is 12.6. The van der Waals surface area contributed by atoms with Crippen molar-refractivity contribution in [3.63, 3.8) is 0 Å². The van der Waals surface area contributed by atoms with Gasteiger partial charge in [0, 0.05) is 6.07 Å². The van der Waals surface area contributed by atoms with E-state index in [2.05, 4.69) is 23.8 Å². The number of ether oxygens (including phenoxy) is 2. The van der Waals surface area contributed by atoms with Gasteiger partial charge in [-0.2, -0.15) is 8.78 Å². The molecular formula is C35H50F6O2. The Morgan fingerprint density at radius 3 is 1.67 bits per heavy atom. The number of alkyl halides is 5. The molecule has 43 heavy (non-hydrogen) atoms. The maximum absolute atomic E-state index is 14.8. The van der Waals surface area contributed by atoms with Crippen LogP contribution in [-0.4, -0.2) is 12.5 Å². The Balaban J connectivity index is 1.10. The molecule has 3 aliphatic rings. The van der Waals surface area contributed by atoms with Crippen LogP contribution in [0.2, 0.25) is 0 Å². The number of unbranched alkanes of at least 4 members (excludes halogenated alkanes) is 2. The van der Waals surface area contributed by atoms with Crippen LogP contribution in [0.15, 0.2) is 30.4 Å². The third kappa shape index (κ3) is 11.2. The van der Waals surface area contributed by atoms with Crippen molar-refractivity contribution >= 4 is 0 Å². The lowest BCUT2D eigenvalue weighted by Gasteiger charge is -2.34. The zero-order valence-electron chi connectivity index (χ0n) is 25.7. The summed E-state index contributed by atoms with van der Waals surface area (Å²) < 4.78 is 88.9. The Bertz CT molecular complexity index is 985. The molecule has 1 aromatic carbocycles. The SMILES string of the molecule is CCCCCC1CCC(/C=C/C2CCC(CCC3CCC(C(F)(F)Oc4ccc(OC(F)(F)F)c(F)c4)CC3)CC2)CC1. The smallest absolute Gasteiger partial charge is 0.432 e. The molecule has 8 heteroatoms. The average molecular weight is 617 g/mol. The van der Waals surface area contributed by atoms with Crippen molar-refractivity contribution < 1.29 is 35.8 Å². The van der Waals surface area contributed by atoms with E-state index in [1.165, 1.54) is 77.0 Å². The van der Waals surface area contributed by atoms with E-state index in [1.807, 2.05) is 0 Å². The Labute approximate surface area is 254 Å². The zero-order valence-corrected chi connectivity index (χ0v) is 25.7. The Hall–Kier alpha value is -1.86. The summed E-state index contributed by atoms with van der Waals surface area (Å²) >= 11 is 0. The van der Waals surface area contributed by atoms with Crippen LogP contribution in [0.3, 0.4) is 0 Å². The lowest BCUT2D eigenvalue weighted by molar-refractivity contribution is -0.275. The second-order valence-electron chi connectivity index (χ2n) is 13.5. The predicted octanol–water partition coefficient (Wildman–Crippen LogP) is 12.0. The highest BCUT2D eigenvalue weighted by atomic mass is 19.4. The molecule has 0 spiro atoms. The van der Waals surface area contributed by atoms with E-state index >= 15 is 0 Å². The van der Waals surface area contributed by atoms with E-state index < -0.39 is 35.7 Å². The standard InChI is InChI=1S/C35H50F6O2/c1-2-3-4-5-25-6-8-26(9-7-25)10-11-27-12-14-28(15-13-27)16-17-29-18-20-30(21-19-29)34(37,38)42-31-22-23-33(32(36)24-31)43-35(39,40)41/h10-11,22-30H,2-9,12-21H2,1H3/b11-10+. The van der Waals surface area contributed by atoms with Crippen LogP contribution in [0.5, 0.6) is 11.5 Å². The van der Waals surface area contributed by atoms with Crippen molar-refractivity contribution in [2.45, 2.75) is 135 Å². The minimum Gasteiger partial charge on any atom is -0.432 e. The van der Waals surface area contributed by atoms with Crippen molar-refractivity contribution in [1.82, 2.24) is 0 Å². The van der Waals surface area contributed by atoms with Crippen LogP contribution in [0.25, 0.3) is 0 Å². The summed E-state index contributed by atoms with van der Waals surface area (Å²) in [4.78, 5) is 0. The van der Waals surface area contributed by atoms with Crippen molar-refractivity contribution in [3.05, 3.63) is 36.2 Å². The molecule has 3 saturated carbocycles. The first-order valence-corrected chi connectivity index (χ1v) is 16.8. The monoisotopic (exact) mass is 616 g/mol. The molecule has 0 saturated heterocycles. The van der Waals surface area contributed by atoms with Gasteiger partial charge in [0.25, 0.3) is 0 Å². The van der Waals surface area contributed by atoms with Gasteiger partial charge in [0.05, 0.1) is 5.92 Å². The largest absolute Gasteiger partial charge is 0.573 e. The molecule has 0 amide bonds. The van der Waals surface area contributed by atoms with Gasteiger partial charge < -0.3 is 9.47 Å². The van der Waals surface area contributed by atoms with Crippen molar-refractivity contribution in [2.24, 2.45) is 35.5 Å². The van der Waals surface area contributed by atoms with E-state index in [9.17, 15) is 26.3 Å². The predicted molar refractivity (Wildman–Crippen MR) is 158 cm³/mol. The number of allylic oxidation sites excluding steroid dienone is 2. The summed E-state index contributed by atoms with van der Waals surface area (Å²) in [6.07, 6.45) is 16.7. The van der Waals surface area contributed by atoms with Gasteiger partial charge in [0.1, 0.15) is 5.75 Å². The summed E-state index contributed by atoms with van der Waals surface area (Å²) in [6, 6.07) is 2.02. The van der Waals surface area contributed by atoms with Crippen LogP contribution in [0, 0.1) is 41.3 Å². The average Bonchev–Trinajstić information content (AvgIpc) is 2.97. The molecule has 1 aromatic rings. The number of hydrogen-bond acceptors (Lipinski definition) is 2. The van der Waals surface area contributed by atoms with Crippen LogP contribution in [0.1, 0.15) is 122 Å². The number of hydrogen-bond donors (Lipinski definition) is 0. The number of benzene rings is 1. The van der Waals surface area contributed by atoms with Gasteiger partial charge >= 0.3 is 12.5 Å². The van der Waals surface area contributed by atoms with Crippen molar-refractivity contribution in [1.29, 1.82) is 0 Å². The van der Waals surface area contributed by atoms with Crippen LogP contribution in [0.4, 0.5) is 26.3 Å². The van der Waals surface area contributed by atoms with Gasteiger partial charge in [-0.25, -0.2) is 4.39 Å². The molecule has 3 fully saturated rings. The highest BCUT2D eigenvalue weighted by Crippen LogP contribution is 2.43. The van der Waals surface area contributed by atoms with E-state index in [0.717, 1.165) is 36.7 Å². The first kappa shape index (κ1) is 34.0. The third-order valence-corrected chi connectivity index (χ3v) is 10.3. The maximum Gasteiger partial charge on any atom is 0.573 e. The molecule has 0 N–H and O–H groups in total. The lowest BCUT2D eigenvalue weighted by atomic mass is 9.75. The molecule has 0 atom stereocenters. The minimum atomic E-state index is -5.07. The minimum absolute atomic E-state index is 0.313. The van der Waals surface area contributed by atoms with Crippen LogP contribution < -0.4 is 9.47 Å². The molecule has 4 rings (SSSR count).